The molecule has 0 radical (unpaired) electrons. The Hall–Kier alpha value is -3.14. The van der Waals surface area contributed by atoms with Crippen LogP contribution in [0.3, 0.4) is 0 Å². The molecule has 0 saturated heterocycles. The molecule has 4 nitrogen and oxygen atoms in total. The second-order valence-electron chi connectivity index (χ2n) is 6.19. The maximum Gasteiger partial charge on any atom is 0.285 e. The molecule has 0 aliphatic carbocycles. The third kappa shape index (κ3) is 4.48. The molecule has 0 saturated carbocycles. The first-order valence-corrected chi connectivity index (χ1v) is 8.59. The quantitative estimate of drug-likeness (QED) is 0.708. The molecule has 132 valence electrons. The van der Waals surface area contributed by atoms with Crippen molar-refractivity contribution in [3.63, 3.8) is 0 Å². The molecule has 26 heavy (non-hydrogen) atoms. The lowest BCUT2D eigenvalue weighted by molar-refractivity contribution is -0.120. The highest BCUT2D eigenvalue weighted by atomic mass is 16.5. The molecule has 0 N–H and O–H groups in total. The van der Waals surface area contributed by atoms with E-state index in [0.29, 0.717) is 12.0 Å². The molecule has 0 unspecified atom stereocenters. The summed E-state index contributed by atoms with van der Waals surface area (Å²) >= 11 is 0. The number of aryl methyl sites for hydroxylation is 2. The Morgan fingerprint density at radius 1 is 0.923 bits per heavy atom. The van der Waals surface area contributed by atoms with Gasteiger partial charge in [0.1, 0.15) is 11.2 Å². The van der Waals surface area contributed by atoms with Gasteiger partial charge in [-0.05, 0) is 42.7 Å². The molecule has 0 fully saturated rings. The highest BCUT2D eigenvalue weighted by molar-refractivity contribution is 5.78. The number of ether oxygens (including phenoxy) is 1. The summed E-state index contributed by atoms with van der Waals surface area (Å²) < 4.78 is 7.66. The number of hydrogen-bond acceptors (Lipinski definition) is 2. The molecule has 2 aromatic carbocycles. The summed E-state index contributed by atoms with van der Waals surface area (Å²) in [7, 11) is 0. The van der Waals surface area contributed by atoms with Crippen molar-refractivity contribution in [2.45, 2.75) is 20.4 Å². The molecule has 3 aromatic rings. The molecule has 0 aliphatic rings. The number of hydrogen-bond donors (Lipinski definition) is 0. The minimum atomic E-state index is -0.305. The average Bonchev–Trinajstić information content (AvgIpc) is 2.64. The highest BCUT2D eigenvalue weighted by Gasteiger charge is 2.07. The van der Waals surface area contributed by atoms with Crippen molar-refractivity contribution < 1.29 is 9.53 Å². The maximum atomic E-state index is 12.3. The molecule has 0 aliphatic heterocycles. The first-order valence-electron chi connectivity index (χ1n) is 8.59. The van der Waals surface area contributed by atoms with Crippen LogP contribution in [-0.2, 0) is 11.3 Å². The first-order chi connectivity index (χ1) is 12.6. The monoisotopic (exact) mass is 346 g/mol. The minimum absolute atomic E-state index is 0.0775. The van der Waals surface area contributed by atoms with Gasteiger partial charge in [-0.1, -0.05) is 54.6 Å². The number of aromatic nitrogens is 1. The van der Waals surface area contributed by atoms with Crippen molar-refractivity contribution in [2.75, 3.05) is 6.61 Å². The fraction of sp³-hybridized carbons (Fsp3) is 0.182. The Morgan fingerprint density at radius 2 is 1.62 bits per heavy atom. The lowest BCUT2D eigenvalue weighted by atomic mass is 10.1. The van der Waals surface area contributed by atoms with E-state index in [0.717, 1.165) is 22.4 Å². The molecule has 0 spiro atoms. The van der Waals surface area contributed by atoms with Crippen molar-refractivity contribution >= 4 is 5.91 Å². The molecule has 4 heteroatoms. The molecule has 1 heterocycles. The number of carbonyl (C=O) groups is 1. The van der Waals surface area contributed by atoms with Gasteiger partial charge in [0, 0.05) is 12.7 Å². The largest absolute Gasteiger partial charge is 0.483 e. The molecule has 0 bridgehead atoms. The van der Waals surface area contributed by atoms with Crippen molar-refractivity contribution in [3.05, 3.63) is 95.1 Å². The Morgan fingerprint density at radius 3 is 2.35 bits per heavy atom. The standard InChI is InChI=1S/C22H22N2O2/c1-17-9-8-10-18(2)22(17)26-16-21(25)23-20-13-6-7-14-24(20)15-19-11-4-3-5-12-19/h3-14H,15-16H2,1-2H3. The summed E-state index contributed by atoms with van der Waals surface area (Å²) in [5.74, 6) is 0.446. The first kappa shape index (κ1) is 17.7. The van der Waals surface area contributed by atoms with Crippen LogP contribution in [0, 0.1) is 13.8 Å². The van der Waals surface area contributed by atoms with Gasteiger partial charge < -0.3 is 9.30 Å². The molecular formula is C22H22N2O2. The van der Waals surface area contributed by atoms with Crippen LogP contribution in [0.25, 0.3) is 0 Å². The van der Waals surface area contributed by atoms with Gasteiger partial charge in [-0.3, -0.25) is 4.79 Å². The number of pyridine rings is 1. The second kappa shape index (κ2) is 8.30. The fourth-order valence-electron chi connectivity index (χ4n) is 2.80. The zero-order chi connectivity index (χ0) is 18.4. The van der Waals surface area contributed by atoms with E-state index in [9.17, 15) is 4.79 Å². The summed E-state index contributed by atoms with van der Waals surface area (Å²) in [6.45, 7) is 4.52. The van der Waals surface area contributed by atoms with E-state index in [1.165, 1.54) is 0 Å². The predicted molar refractivity (Wildman–Crippen MR) is 102 cm³/mol. The van der Waals surface area contributed by atoms with E-state index in [-0.39, 0.29) is 12.5 Å². The van der Waals surface area contributed by atoms with Gasteiger partial charge in [0.25, 0.3) is 5.91 Å². The maximum absolute atomic E-state index is 12.3. The van der Waals surface area contributed by atoms with E-state index < -0.39 is 0 Å². The van der Waals surface area contributed by atoms with Gasteiger partial charge in [0.05, 0.1) is 0 Å². The third-order valence-electron chi connectivity index (χ3n) is 4.10. The second-order valence-corrected chi connectivity index (χ2v) is 6.19. The molecular weight excluding hydrogens is 324 g/mol. The molecule has 3 rings (SSSR count). The fourth-order valence-corrected chi connectivity index (χ4v) is 2.80. The topological polar surface area (TPSA) is 43.6 Å². The van der Waals surface area contributed by atoms with Crippen LogP contribution in [-0.4, -0.2) is 17.1 Å². The zero-order valence-corrected chi connectivity index (χ0v) is 15.1. The average molecular weight is 346 g/mol. The van der Waals surface area contributed by atoms with Crippen LogP contribution >= 0.6 is 0 Å². The Balaban J connectivity index is 1.76. The lowest BCUT2D eigenvalue weighted by Crippen LogP contribution is -2.23. The van der Waals surface area contributed by atoms with Crippen LogP contribution in [0.1, 0.15) is 16.7 Å². The van der Waals surface area contributed by atoms with Gasteiger partial charge in [0.15, 0.2) is 6.61 Å². The van der Waals surface area contributed by atoms with Gasteiger partial charge in [-0.2, -0.15) is 4.99 Å². The molecule has 0 atom stereocenters. The van der Waals surface area contributed by atoms with Crippen molar-refractivity contribution in [2.24, 2.45) is 4.99 Å². The minimum Gasteiger partial charge on any atom is -0.483 e. The predicted octanol–water partition coefficient (Wildman–Crippen LogP) is 3.66. The number of nitrogens with zero attached hydrogens (tertiary/aromatic N) is 2. The van der Waals surface area contributed by atoms with Crippen LogP contribution in [0.4, 0.5) is 0 Å². The van der Waals surface area contributed by atoms with E-state index in [1.54, 1.807) is 0 Å². The summed E-state index contributed by atoms with van der Waals surface area (Å²) in [6, 6.07) is 21.6. The third-order valence-corrected chi connectivity index (χ3v) is 4.10. The Labute approximate surface area is 153 Å². The summed E-state index contributed by atoms with van der Waals surface area (Å²) in [4.78, 5) is 16.5. The lowest BCUT2D eigenvalue weighted by Gasteiger charge is -2.10. The Kier molecular flexibility index (Phi) is 5.64. The zero-order valence-electron chi connectivity index (χ0n) is 15.1. The smallest absolute Gasteiger partial charge is 0.285 e. The summed E-state index contributed by atoms with van der Waals surface area (Å²) in [5.41, 5.74) is 3.79. The van der Waals surface area contributed by atoms with Crippen LogP contribution in [0.5, 0.6) is 5.75 Å². The van der Waals surface area contributed by atoms with Crippen molar-refractivity contribution in [1.82, 2.24) is 4.57 Å². The van der Waals surface area contributed by atoms with Gasteiger partial charge in [-0.15, -0.1) is 0 Å². The Bertz CT molecular complexity index is 939. The number of rotatable bonds is 5. The highest BCUT2D eigenvalue weighted by Crippen LogP contribution is 2.22. The van der Waals surface area contributed by atoms with Gasteiger partial charge in [-0.25, -0.2) is 0 Å². The SMILES string of the molecule is Cc1cccc(C)c1OCC(=O)N=c1ccccn1Cc1ccccc1. The summed E-state index contributed by atoms with van der Waals surface area (Å²) in [6.07, 6.45) is 1.92. The number of para-hydroxylation sites is 1. The van der Waals surface area contributed by atoms with E-state index >= 15 is 0 Å². The number of amides is 1. The summed E-state index contributed by atoms with van der Waals surface area (Å²) in [5, 5.41) is 0. The van der Waals surface area contributed by atoms with Crippen molar-refractivity contribution in [1.29, 1.82) is 0 Å². The molecule has 1 aromatic heterocycles. The van der Waals surface area contributed by atoms with Crippen LogP contribution < -0.4 is 10.2 Å². The van der Waals surface area contributed by atoms with Crippen LogP contribution in [0.2, 0.25) is 0 Å². The van der Waals surface area contributed by atoms with Gasteiger partial charge in [0.2, 0.25) is 0 Å². The van der Waals surface area contributed by atoms with E-state index in [4.69, 9.17) is 4.74 Å². The number of benzene rings is 2. The van der Waals surface area contributed by atoms with Crippen LogP contribution in [0.15, 0.2) is 77.9 Å². The van der Waals surface area contributed by atoms with E-state index in [2.05, 4.69) is 17.1 Å². The number of carbonyl (C=O) groups excluding carboxylic acids is 1. The van der Waals surface area contributed by atoms with Gasteiger partial charge >= 0.3 is 0 Å². The van der Waals surface area contributed by atoms with Crippen molar-refractivity contribution in [3.8, 4) is 5.75 Å². The molecule has 1 amide bonds. The van der Waals surface area contributed by atoms with E-state index in [1.807, 2.05) is 79.2 Å². The normalized spacial score (nSPS) is 11.4.